The molecule has 1 aliphatic rings. The Morgan fingerprint density at radius 3 is 2.67 bits per heavy atom. The summed E-state index contributed by atoms with van der Waals surface area (Å²) in [6.07, 6.45) is 4.40. The molecule has 1 heterocycles. The summed E-state index contributed by atoms with van der Waals surface area (Å²) in [5.74, 6) is 0. The SMILES string of the molecule is COC1(Cc2nnc(C(C)Cl)s2)CCC1. The van der Waals surface area contributed by atoms with E-state index in [-0.39, 0.29) is 11.0 Å². The highest BCUT2D eigenvalue weighted by atomic mass is 35.5. The minimum Gasteiger partial charge on any atom is -0.378 e. The van der Waals surface area contributed by atoms with E-state index >= 15 is 0 Å². The molecule has 0 aliphatic heterocycles. The quantitative estimate of drug-likeness (QED) is 0.767. The highest BCUT2D eigenvalue weighted by Gasteiger charge is 2.38. The maximum absolute atomic E-state index is 5.95. The van der Waals surface area contributed by atoms with Gasteiger partial charge in [0.1, 0.15) is 10.0 Å². The van der Waals surface area contributed by atoms with Crippen molar-refractivity contribution in [2.45, 2.75) is 43.6 Å². The van der Waals surface area contributed by atoms with E-state index in [2.05, 4.69) is 10.2 Å². The molecule has 1 aromatic rings. The molecule has 1 aromatic heterocycles. The molecule has 3 nitrogen and oxygen atoms in total. The minimum absolute atomic E-state index is 0.0341. The zero-order valence-corrected chi connectivity index (χ0v) is 10.6. The number of alkyl halides is 1. The van der Waals surface area contributed by atoms with Crippen molar-refractivity contribution in [2.75, 3.05) is 7.11 Å². The summed E-state index contributed by atoms with van der Waals surface area (Å²) in [5.41, 5.74) is 0.0341. The van der Waals surface area contributed by atoms with E-state index in [0.29, 0.717) is 0 Å². The third-order valence-corrected chi connectivity index (χ3v) is 4.44. The van der Waals surface area contributed by atoms with Gasteiger partial charge in [-0.1, -0.05) is 11.3 Å². The largest absolute Gasteiger partial charge is 0.378 e. The second-order valence-corrected chi connectivity index (χ2v) is 5.82. The lowest BCUT2D eigenvalue weighted by atomic mass is 9.78. The van der Waals surface area contributed by atoms with Crippen molar-refractivity contribution in [1.29, 1.82) is 0 Å². The monoisotopic (exact) mass is 246 g/mol. The molecule has 84 valence electrons. The Labute approximate surface area is 98.8 Å². The van der Waals surface area contributed by atoms with Crippen molar-refractivity contribution in [3.05, 3.63) is 10.0 Å². The fourth-order valence-corrected chi connectivity index (χ4v) is 2.88. The molecule has 0 radical (unpaired) electrons. The Bertz CT molecular complexity index is 330. The van der Waals surface area contributed by atoms with Crippen LogP contribution in [0, 0.1) is 0 Å². The Morgan fingerprint density at radius 1 is 1.53 bits per heavy atom. The summed E-state index contributed by atoms with van der Waals surface area (Å²) in [5, 5.41) is 10.1. The summed E-state index contributed by atoms with van der Waals surface area (Å²) in [7, 11) is 1.78. The van der Waals surface area contributed by atoms with Gasteiger partial charge in [0.05, 0.1) is 11.0 Å². The first-order valence-electron chi connectivity index (χ1n) is 5.17. The number of halogens is 1. The molecule has 1 unspecified atom stereocenters. The van der Waals surface area contributed by atoms with Crippen molar-refractivity contribution < 1.29 is 4.74 Å². The summed E-state index contributed by atoms with van der Waals surface area (Å²) >= 11 is 7.54. The topological polar surface area (TPSA) is 35.0 Å². The summed E-state index contributed by atoms with van der Waals surface area (Å²) in [4.78, 5) is 0. The van der Waals surface area contributed by atoms with E-state index < -0.39 is 0 Å². The van der Waals surface area contributed by atoms with Gasteiger partial charge in [0.2, 0.25) is 0 Å². The lowest BCUT2D eigenvalue weighted by molar-refractivity contribution is -0.0709. The Balaban J connectivity index is 2.04. The first kappa shape index (κ1) is 11.3. The standard InChI is InChI=1S/C10H15ClN2OS/c1-7(11)9-13-12-8(15-9)6-10(14-2)4-3-5-10/h7H,3-6H2,1-2H3. The van der Waals surface area contributed by atoms with Crippen LogP contribution in [0.5, 0.6) is 0 Å². The van der Waals surface area contributed by atoms with Crippen LogP contribution in [0.1, 0.15) is 41.6 Å². The molecular weight excluding hydrogens is 232 g/mol. The van der Waals surface area contributed by atoms with Gasteiger partial charge >= 0.3 is 0 Å². The molecule has 1 saturated carbocycles. The molecule has 1 fully saturated rings. The van der Waals surface area contributed by atoms with Crippen LogP contribution in [0.15, 0.2) is 0 Å². The third-order valence-electron chi connectivity index (χ3n) is 2.99. The van der Waals surface area contributed by atoms with Crippen molar-refractivity contribution in [3.63, 3.8) is 0 Å². The molecule has 1 atom stereocenters. The average molecular weight is 247 g/mol. The average Bonchev–Trinajstić information content (AvgIpc) is 2.59. The molecule has 0 N–H and O–H groups in total. The zero-order valence-electron chi connectivity index (χ0n) is 8.99. The highest BCUT2D eigenvalue weighted by molar-refractivity contribution is 7.11. The molecule has 2 rings (SSSR count). The molecular formula is C10H15ClN2OS. The van der Waals surface area contributed by atoms with E-state index in [4.69, 9.17) is 16.3 Å². The smallest absolute Gasteiger partial charge is 0.135 e. The predicted molar refractivity (Wildman–Crippen MR) is 61.5 cm³/mol. The van der Waals surface area contributed by atoms with Gasteiger partial charge in [-0.25, -0.2) is 0 Å². The Morgan fingerprint density at radius 2 is 2.27 bits per heavy atom. The van der Waals surface area contributed by atoms with Crippen LogP contribution in [-0.4, -0.2) is 22.9 Å². The number of nitrogens with zero attached hydrogens (tertiary/aromatic N) is 2. The number of hydrogen-bond acceptors (Lipinski definition) is 4. The van der Waals surface area contributed by atoms with Gasteiger partial charge in [-0.05, 0) is 26.2 Å². The van der Waals surface area contributed by atoms with E-state index in [1.165, 1.54) is 6.42 Å². The molecule has 5 heteroatoms. The first-order valence-corrected chi connectivity index (χ1v) is 6.42. The fourth-order valence-electron chi connectivity index (χ4n) is 1.80. The fraction of sp³-hybridized carbons (Fsp3) is 0.800. The van der Waals surface area contributed by atoms with E-state index in [1.807, 2.05) is 6.92 Å². The second-order valence-electron chi connectivity index (χ2n) is 4.07. The van der Waals surface area contributed by atoms with Gasteiger partial charge < -0.3 is 4.74 Å². The molecule has 1 aliphatic carbocycles. The van der Waals surface area contributed by atoms with Gasteiger partial charge in [0.15, 0.2) is 0 Å². The first-order chi connectivity index (χ1) is 7.15. The Kier molecular flexibility index (Phi) is 3.28. The number of hydrogen-bond donors (Lipinski definition) is 0. The van der Waals surface area contributed by atoms with E-state index in [1.54, 1.807) is 18.4 Å². The number of methoxy groups -OCH3 is 1. The highest BCUT2D eigenvalue weighted by Crippen LogP contribution is 2.38. The van der Waals surface area contributed by atoms with E-state index in [9.17, 15) is 0 Å². The zero-order chi connectivity index (χ0) is 10.9. The maximum Gasteiger partial charge on any atom is 0.135 e. The Hall–Kier alpha value is -0.190. The lowest BCUT2D eigenvalue weighted by Gasteiger charge is -2.39. The molecule has 15 heavy (non-hydrogen) atoms. The van der Waals surface area contributed by atoms with Crippen molar-refractivity contribution in [3.8, 4) is 0 Å². The van der Waals surface area contributed by atoms with Crippen LogP contribution in [-0.2, 0) is 11.2 Å². The predicted octanol–water partition coefficient (Wildman–Crippen LogP) is 2.95. The molecule has 0 aromatic carbocycles. The van der Waals surface area contributed by atoms with Crippen LogP contribution in [0.4, 0.5) is 0 Å². The van der Waals surface area contributed by atoms with Crippen LogP contribution in [0.2, 0.25) is 0 Å². The van der Waals surface area contributed by atoms with Crippen molar-refractivity contribution >= 4 is 22.9 Å². The van der Waals surface area contributed by atoms with E-state index in [0.717, 1.165) is 29.3 Å². The molecule has 0 bridgehead atoms. The summed E-state index contributed by atoms with van der Waals surface area (Å²) < 4.78 is 5.55. The van der Waals surface area contributed by atoms with Crippen molar-refractivity contribution in [1.82, 2.24) is 10.2 Å². The number of rotatable bonds is 4. The summed E-state index contributed by atoms with van der Waals surface area (Å²) in [6, 6.07) is 0. The van der Waals surface area contributed by atoms with Gasteiger partial charge in [0, 0.05) is 13.5 Å². The minimum atomic E-state index is -0.0452. The second kappa shape index (κ2) is 4.36. The van der Waals surface area contributed by atoms with Gasteiger partial charge in [-0.2, -0.15) is 0 Å². The van der Waals surface area contributed by atoms with Crippen LogP contribution in [0.25, 0.3) is 0 Å². The number of ether oxygens (including phenoxy) is 1. The van der Waals surface area contributed by atoms with Gasteiger partial charge in [0.25, 0.3) is 0 Å². The molecule has 0 saturated heterocycles. The normalized spacial score (nSPS) is 21.0. The summed E-state index contributed by atoms with van der Waals surface area (Å²) in [6.45, 7) is 1.92. The van der Waals surface area contributed by atoms with Gasteiger partial charge in [-0.3, -0.25) is 0 Å². The number of aromatic nitrogens is 2. The van der Waals surface area contributed by atoms with Crippen LogP contribution >= 0.6 is 22.9 Å². The van der Waals surface area contributed by atoms with Crippen molar-refractivity contribution in [2.24, 2.45) is 0 Å². The van der Waals surface area contributed by atoms with Crippen LogP contribution in [0.3, 0.4) is 0 Å². The molecule has 0 amide bonds. The maximum atomic E-state index is 5.95. The lowest BCUT2D eigenvalue weighted by Crippen LogP contribution is -2.41. The van der Waals surface area contributed by atoms with Crippen LogP contribution < -0.4 is 0 Å². The van der Waals surface area contributed by atoms with Gasteiger partial charge in [-0.15, -0.1) is 21.8 Å². The third kappa shape index (κ3) is 2.32. The molecule has 0 spiro atoms.